The molecular weight excluding hydrogens is 220 g/mol. The molecule has 0 radical (unpaired) electrons. The normalized spacial score (nSPS) is 16.9. The van der Waals surface area contributed by atoms with Crippen molar-refractivity contribution in [2.24, 2.45) is 0 Å². The summed E-state index contributed by atoms with van der Waals surface area (Å²) in [5, 5.41) is 10.5. The summed E-state index contributed by atoms with van der Waals surface area (Å²) in [5.41, 5.74) is 0.650. The second kappa shape index (κ2) is 5.16. The smallest absolute Gasteiger partial charge is 0.253 e. The van der Waals surface area contributed by atoms with E-state index >= 15 is 0 Å². The fraction of sp³-hybridized carbons (Fsp3) is 0.417. The first-order chi connectivity index (χ1) is 8.20. The van der Waals surface area contributed by atoms with Gasteiger partial charge in [-0.3, -0.25) is 4.79 Å². The molecule has 5 heteroatoms. The number of rotatable bonds is 2. The average Bonchev–Trinajstić information content (AvgIpc) is 2.39. The van der Waals surface area contributed by atoms with Gasteiger partial charge in [0.15, 0.2) is 0 Å². The first-order valence-electron chi connectivity index (χ1n) is 5.58. The minimum absolute atomic E-state index is 0.000697. The molecule has 0 bridgehead atoms. The summed E-state index contributed by atoms with van der Waals surface area (Å²) in [7, 11) is 1.59. The standard InChI is InChI=1S/C12H16N2O3/c1-17-11-4-2-10(3-5-11)12(15)13-6-8-14(16)9-7-13/h2-5,16H,6-9H2,1H3. The van der Waals surface area contributed by atoms with Gasteiger partial charge in [0.25, 0.3) is 5.91 Å². The van der Waals surface area contributed by atoms with Gasteiger partial charge in [-0.15, -0.1) is 0 Å². The molecule has 1 aromatic carbocycles. The zero-order chi connectivity index (χ0) is 12.3. The van der Waals surface area contributed by atoms with Crippen LogP contribution < -0.4 is 4.74 Å². The van der Waals surface area contributed by atoms with Gasteiger partial charge in [0.05, 0.1) is 7.11 Å². The zero-order valence-electron chi connectivity index (χ0n) is 9.80. The van der Waals surface area contributed by atoms with Crippen molar-refractivity contribution in [1.29, 1.82) is 0 Å². The Labute approximate surface area is 100 Å². The lowest BCUT2D eigenvalue weighted by Crippen LogP contribution is -2.47. The van der Waals surface area contributed by atoms with Gasteiger partial charge < -0.3 is 14.8 Å². The number of carbonyl (C=O) groups is 1. The molecule has 0 spiro atoms. The lowest BCUT2D eigenvalue weighted by atomic mass is 10.2. The summed E-state index contributed by atoms with van der Waals surface area (Å²) < 4.78 is 5.04. The predicted octanol–water partition coefficient (Wildman–Crippen LogP) is 0.842. The van der Waals surface area contributed by atoms with E-state index < -0.39 is 0 Å². The number of amides is 1. The average molecular weight is 236 g/mol. The van der Waals surface area contributed by atoms with E-state index in [4.69, 9.17) is 4.74 Å². The van der Waals surface area contributed by atoms with Crippen molar-refractivity contribution in [3.05, 3.63) is 29.8 Å². The van der Waals surface area contributed by atoms with E-state index in [0.717, 1.165) is 5.75 Å². The monoisotopic (exact) mass is 236 g/mol. The lowest BCUT2D eigenvalue weighted by Gasteiger charge is -2.31. The third-order valence-corrected chi connectivity index (χ3v) is 2.88. The van der Waals surface area contributed by atoms with Crippen molar-refractivity contribution in [3.8, 4) is 5.75 Å². The lowest BCUT2D eigenvalue weighted by molar-refractivity contribution is -0.112. The third kappa shape index (κ3) is 2.75. The number of methoxy groups -OCH3 is 1. The van der Waals surface area contributed by atoms with Crippen molar-refractivity contribution in [3.63, 3.8) is 0 Å². The SMILES string of the molecule is COc1ccc(C(=O)N2CCN(O)CC2)cc1. The second-order valence-corrected chi connectivity index (χ2v) is 3.97. The summed E-state index contributed by atoms with van der Waals surface area (Å²) >= 11 is 0. The van der Waals surface area contributed by atoms with Gasteiger partial charge in [0.1, 0.15) is 5.75 Å². The van der Waals surface area contributed by atoms with E-state index in [-0.39, 0.29) is 5.91 Å². The summed E-state index contributed by atoms with van der Waals surface area (Å²) in [6.07, 6.45) is 0. The molecule has 1 saturated heterocycles. The summed E-state index contributed by atoms with van der Waals surface area (Å²) in [4.78, 5) is 13.8. The van der Waals surface area contributed by atoms with Crippen LogP contribution in [0.1, 0.15) is 10.4 Å². The van der Waals surface area contributed by atoms with E-state index in [0.29, 0.717) is 31.7 Å². The van der Waals surface area contributed by atoms with Crippen LogP contribution in [0, 0.1) is 0 Å². The van der Waals surface area contributed by atoms with E-state index in [2.05, 4.69) is 0 Å². The molecule has 5 nitrogen and oxygen atoms in total. The Balaban J connectivity index is 2.03. The molecule has 1 aromatic rings. The van der Waals surface area contributed by atoms with Gasteiger partial charge >= 0.3 is 0 Å². The number of hydroxylamine groups is 2. The Kier molecular flexibility index (Phi) is 3.61. The van der Waals surface area contributed by atoms with E-state index in [1.807, 2.05) is 0 Å². The van der Waals surface area contributed by atoms with Gasteiger partial charge in [-0.05, 0) is 24.3 Å². The Morgan fingerprint density at radius 1 is 1.18 bits per heavy atom. The molecular formula is C12H16N2O3. The molecule has 0 atom stereocenters. The van der Waals surface area contributed by atoms with Gasteiger partial charge in [-0.2, -0.15) is 5.06 Å². The Morgan fingerprint density at radius 2 is 1.76 bits per heavy atom. The first kappa shape index (κ1) is 11.9. The van der Waals surface area contributed by atoms with Crippen LogP contribution in [0.15, 0.2) is 24.3 Å². The predicted molar refractivity (Wildman–Crippen MR) is 62.3 cm³/mol. The van der Waals surface area contributed by atoms with E-state index in [9.17, 15) is 10.0 Å². The largest absolute Gasteiger partial charge is 0.497 e. The molecule has 1 heterocycles. The van der Waals surface area contributed by atoms with E-state index in [1.165, 1.54) is 5.06 Å². The van der Waals surface area contributed by atoms with Crippen LogP contribution in [-0.4, -0.2) is 54.4 Å². The van der Waals surface area contributed by atoms with Crippen molar-refractivity contribution in [2.75, 3.05) is 33.3 Å². The van der Waals surface area contributed by atoms with Crippen LogP contribution in [0.2, 0.25) is 0 Å². The minimum Gasteiger partial charge on any atom is -0.497 e. The number of nitrogens with zero attached hydrogens (tertiary/aromatic N) is 2. The number of hydrogen-bond donors (Lipinski definition) is 1. The van der Waals surface area contributed by atoms with Crippen molar-refractivity contribution in [2.45, 2.75) is 0 Å². The molecule has 0 unspecified atom stereocenters. The quantitative estimate of drug-likeness (QED) is 0.826. The van der Waals surface area contributed by atoms with Crippen LogP contribution in [0.5, 0.6) is 5.75 Å². The molecule has 1 N–H and O–H groups in total. The molecule has 1 aliphatic heterocycles. The number of carbonyl (C=O) groups excluding carboxylic acids is 1. The molecule has 0 aliphatic carbocycles. The fourth-order valence-electron chi connectivity index (χ4n) is 1.82. The number of hydrogen-bond acceptors (Lipinski definition) is 4. The zero-order valence-corrected chi connectivity index (χ0v) is 9.80. The fourth-order valence-corrected chi connectivity index (χ4v) is 1.82. The molecule has 1 fully saturated rings. The highest BCUT2D eigenvalue weighted by molar-refractivity contribution is 5.94. The number of benzene rings is 1. The van der Waals surface area contributed by atoms with Gasteiger partial charge in [0.2, 0.25) is 0 Å². The molecule has 17 heavy (non-hydrogen) atoms. The highest BCUT2D eigenvalue weighted by Gasteiger charge is 2.20. The molecule has 0 saturated carbocycles. The van der Waals surface area contributed by atoms with Crippen LogP contribution in [0.25, 0.3) is 0 Å². The topological polar surface area (TPSA) is 53.0 Å². The van der Waals surface area contributed by atoms with Gasteiger partial charge in [-0.25, -0.2) is 0 Å². The Bertz CT molecular complexity index is 383. The molecule has 0 aromatic heterocycles. The maximum atomic E-state index is 12.1. The van der Waals surface area contributed by atoms with Crippen molar-refractivity contribution < 1.29 is 14.7 Å². The summed E-state index contributed by atoms with van der Waals surface area (Å²) in [5.74, 6) is 0.738. The van der Waals surface area contributed by atoms with Crippen molar-refractivity contribution >= 4 is 5.91 Å². The first-order valence-corrected chi connectivity index (χ1v) is 5.58. The molecule has 2 rings (SSSR count). The van der Waals surface area contributed by atoms with Crippen LogP contribution in [0.3, 0.4) is 0 Å². The summed E-state index contributed by atoms with van der Waals surface area (Å²) in [6.45, 7) is 2.12. The van der Waals surface area contributed by atoms with Crippen LogP contribution >= 0.6 is 0 Å². The van der Waals surface area contributed by atoms with Gasteiger partial charge in [0, 0.05) is 31.7 Å². The maximum Gasteiger partial charge on any atom is 0.253 e. The minimum atomic E-state index is 0.000697. The Morgan fingerprint density at radius 3 is 2.29 bits per heavy atom. The van der Waals surface area contributed by atoms with E-state index in [1.54, 1.807) is 36.3 Å². The van der Waals surface area contributed by atoms with Crippen molar-refractivity contribution in [1.82, 2.24) is 9.96 Å². The van der Waals surface area contributed by atoms with Crippen LogP contribution in [0.4, 0.5) is 0 Å². The molecule has 1 amide bonds. The highest BCUT2D eigenvalue weighted by atomic mass is 16.5. The second-order valence-electron chi connectivity index (χ2n) is 3.97. The van der Waals surface area contributed by atoms with Crippen LogP contribution in [-0.2, 0) is 0 Å². The number of piperazine rings is 1. The highest BCUT2D eigenvalue weighted by Crippen LogP contribution is 2.13. The summed E-state index contributed by atoms with van der Waals surface area (Å²) in [6, 6.07) is 7.06. The molecule has 1 aliphatic rings. The third-order valence-electron chi connectivity index (χ3n) is 2.88. The maximum absolute atomic E-state index is 12.1. The van der Waals surface area contributed by atoms with Gasteiger partial charge in [-0.1, -0.05) is 0 Å². The Hall–Kier alpha value is -1.59. The number of ether oxygens (including phenoxy) is 1. The molecule has 92 valence electrons.